The van der Waals surface area contributed by atoms with Crippen molar-refractivity contribution < 1.29 is 14.3 Å². The Labute approximate surface area is 123 Å². The molecule has 108 valence electrons. The summed E-state index contributed by atoms with van der Waals surface area (Å²) in [6, 6.07) is 18.8. The van der Waals surface area contributed by atoms with Crippen LogP contribution in [0.3, 0.4) is 0 Å². The van der Waals surface area contributed by atoms with Crippen LogP contribution in [0.15, 0.2) is 60.7 Å². The summed E-state index contributed by atoms with van der Waals surface area (Å²) in [5.41, 5.74) is 0. The first-order chi connectivity index (χ1) is 10.3. The number of hydrogen-bond donors (Lipinski definition) is 0. The van der Waals surface area contributed by atoms with E-state index in [1.54, 1.807) is 17.0 Å². The Morgan fingerprint density at radius 3 is 2.10 bits per heavy atom. The Bertz CT molecular complexity index is 581. The summed E-state index contributed by atoms with van der Waals surface area (Å²) in [5.74, 6) is 1.29. The van der Waals surface area contributed by atoms with Crippen molar-refractivity contribution in [3.8, 4) is 11.5 Å². The van der Waals surface area contributed by atoms with Gasteiger partial charge in [-0.2, -0.15) is 0 Å². The van der Waals surface area contributed by atoms with Crippen LogP contribution < -0.4 is 9.47 Å². The number of ether oxygens (including phenoxy) is 2. The van der Waals surface area contributed by atoms with Crippen molar-refractivity contribution in [3.63, 3.8) is 0 Å². The van der Waals surface area contributed by atoms with E-state index >= 15 is 0 Å². The molecule has 1 saturated carbocycles. The highest BCUT2D eigenvalue weighted by Crippen LogP contribution is 2.28. The third-order valence-electron chi connectivity index (χ3n) is 3.28. The molecule has 4 heteroatoms. The maximum absolute atomic E-state index is 12.2. The van der Waals surface area contributed by atoms with E-state index in [0.29, 0.717) is 5.75 Å². The van der Waals surface area contributed by atoms with Crippen molar-refractivity contribution in [2.75, 3.05) is 6.73 Å². The highest BCUT2D eigenvalue weighted by atomic mass is 16.6. The summed E-state index contributed by atoms with van der Waals surface area (Å²) in [7, 11) is 0. The highest BCUT2D eigenvalue weighted by Gasteiger charge is 2.34. The fraction of sp³-hybridized carbons (Fsp3) is 0.235. The Kier molecular flexibility index (Phi) is 4.05. The molecule has 1 aliphatic carbocycles. The van der Waals surface area contributed by atoms with Crippen LogP contribution in [0.2, 0.25) is 0 Å². The minimum atomic E-state index is -0.361. The van der Waals surface area contributed by atoms with Gasteiger partial charge in [0.1, 0.15) is 11.5 Å². The summed E-state index contributed by atoms with van der Waals surface area (Å²) < 4.78 is 11.0. The number of nitrogens with zero attached hydrogens (tertiary/aromatic N) is 1. The first kappa shape index (κ1) is 13.5. The molecule has 1 fully saturated rings. The number of benzene rings is 2. The third-order valence-corrected chi connectivity index (χ3v) is 3.28. The van der Waals surface area contributed by atoms with Crippen molar-refractivity contribution >= 4 is 6.09 Å². The minimum absolute atomic E-state index is 0.209. The molecule has 0 saturated heterocycles. The van der Waals surface area contributed by atoms with Gasteiger partial charge in [0.25, 0.3) is 0 Å². The van der Waals surface area contributed by atoms with Crippen molar-refractivity contribution in [3.05, 3.63) is 60.7 Å². The highest BCUT2D eigenvalue weighted by molar-refractivity contribution is 5.71. The number of carbonyl (C=O) groups is 1. The van der Waals surface area contributed by atoms with Crippen molar-refractivity contribution in [1.29, 1.82) is 0 Å². The van der Waals surface area contributed by atoms with Gasteiger partial charge in [-0.05, 0) is 37.1 Å². The molecule has 4 nitrogen and oxygen atoms in total. The number of hydrogen-bond acceptors (Lipinski definition) is 3. The smallest absolute Gasteiger partial charge is 0.418 e. The molecule has 2 aromatic carbocycles. The van der Waals surface area contributed by atoms with Gasteiger partial charge in [-0.1, -0.05) is 36.4 Å². The maximum atomic E-state index is 12.2. The van der Waals surface area contributed by atoms with Gasteiger partial charge in [-0.15, -0.1) is 0 Å². The van der Waals surface area contributed by atoms with E-state index in [2.05, 4.69) is 0 Å². The fourth-order valence-corrected chi connectivity index (χ4v) is 2.00. The predicted molar refractivity (Wildman–Crippen MR) is 79.3 cm³/mol. The second-order valence-electron chi connectivity index (χ2n) is 4.97. The zero-order valence-electron chi connectivity index (χ0n) is 11.6. The number of amides is 1. The summed E-state index contributed by atoms with van der Waals surface area (Å²) in [5, 5.41) is 0. The number of para-hydroxylation sites is 2. The summed E-state index contributed by atoms with van der Waals surface area (Å²) >= 11 is 0. The van der Waals surface area contributed by atoms with E-state index in [1.807, 2.05) is 48.5 Å². The maximum Gasteiger partial charge on any atom is 0.418 e. The van der Waals surface area contributed by atoms with Crippen LogP contribution >= 0.6 is 0 Å². The average Bonchev–Trinajstić information content (AvgIpc) is 3.34. The van der Waals surface area contributed by atoms with Gasteiger partial charge >= 0.3 is 6.09 Å². The van der Waals surface area contributed by atoms with Gasteiger partial charge in [0, 0.05) is 6.04 Å². The van der Waals surface area contributed by atoms with Crippen LogP contribution in [-0.4, -0.2) is 23.8 Å². The molecule has 2 aromatic rings. The predicted octanol–water partition coefficient (Wildman–Crippen LogP) is 3.69. The van der Waals surface area contributed by atoms with E-state index < -0.39 is 0 Å². The van der Waals surface area contributed by atoms with Crippen LogP contribution in [0.25, 0.3) is 0 Å². The molecule has 1 aliphatic rings. The molecule has 0 unspecified atom stereocenters. The van der Waals surface area contributed by atoms with Crippen molar-refractivity contribution in [2.45, 2.75) is 18.9 Å². The molecular formula is C17H17NO3. The average molecular weight is 283 g/mol. The van der Waals surface area contributed by atoms with Crippen LogP contribution in [0.4, 0.5) is 4.79 Å². The quantitative estimate of drug-likeness (QED) is 0.786. The SMILES string of the molecule is O=C(Oc1ccccc1)N(COc1ccccc1)C1CC1. The first-order valence-corrected chi connectivity index (χ1v) is 7.04. The Morgan fingerprint density at radius 2 is 1.52 bits per heavy atom. The third kappa shape index (κ3) is 3.75. The zero-order chi connectivity index (χ0) is 14.5. The van der Waals surface area contributed by atoms with E-state index in [1.165, 1.54) is 0 Å². The molecule has 0 N–H and O–H groups in total. The molecule has 0 spiro atoms. The van der Waals surface area contributed by atoms with E-state index in [-0.39, 0.29) is 18.9 Å². The van der Waals surface area contributed by atoms with Crippen LogP contribution in [0, 0.1) is 0 Å². The molecule has 0 aliphatic heterocycles. The van der Waals surface area contributed by atoms with Gasteiger partial charge in [0.2, 0.25) is 0 Å². The minimum Gasteiger partial charge on any atom is -0.473 e. The summed E-state index contributed by atoms with van der Waals surface area (Å²) in [6.07, 6.45) is 1.64. The Morgan fingerprint density at radius 1 is 0.952 bits per heavy atom. The normalized spacial score (nSPS) is 13.5. The second-order valence-corrected chi connectivity index (χ2v) is 4.97. The van der Waals surface area contributed by atoms with E-state index in [0.717, 1.165) is 18.6 Å². The van der Waals surface area contributed by atoms with Gasteiger partial charge in [-0.25, -0.2) is 4.79 Å². The lowest BCUT2D eigenvalue weighted by molar-refractivity contribution is 0.1000. The lowest BCUT2D eigenvalue weighted by Gasteiger charge is -2.21. The lowest BCUT2D eigenvalue weighted by Crippen LogP contribution is -2.38. The second kappa shape index (κ2) is 6.31. The first-order valence-electron chi connectivity index (χ1n) is 7.04. The molecule has 3 rings (SSSR count). The van der Waals surface area contributed by atoms with Crippen LogP contribution in [-0.2, 0) is 0 Å². The monoisotopic (exact) mass is 283 g/mol. The largest absolute Gasteiger partial charge is 0.473 e. The summed E-state index contributed by atoms with van der Waals surface area (Å²) in [4.78, 5) is 13.9. The summed E-state index contributed by atoms with van der Waals surface area (Å²) in [6.45, 7) is 0.209. The lowest BCUT2D eigenvalue weighted by atomic mass is 10.3. The topological polar surface area (TPSA) is 38.8 Å². The van der Waals surface area contributed by atoms with Crippen molar-refractivity contribution in [1.82, 2.24) is 4.90 Å². The van der Waals surface area contributed by atoms with Crippen molar-refractivity contribution in [2.24, 2.45) is 0 Å². The molecule has 21 heavy (non-hydrogen) atoms. The zero-order valence-corrected chi connectivity index (χ0v) is 11.6. The Balaban J connectivity index is 1.60. The molecule has 1 amide bonds. The molecule has 0 heterocycles. The molecule has 0 radical (unpaired) electrons. The van der Waals surface area contributed by atoms with E-state index in [9.17, 15) is 4.79 Å². The Hall–Kier alpha value is -2.49. The molecular weight excluding hydrogens is 266 g/mol. The molecule has 0 aromatic heterocycles. The van der Waals surface area contributed by atoms with Gasteiger partial charge < -0.3 is 9.47 Å². The standard InChI is InChI=1S/C17H17NO3/c19-17(21-16-9-5-2-6-10-16)18(14-11-12-14)13-20-15-7-3-1-4-8-15/h1-10,14H,11-13H2. The van der Waals surface area contributed by atoms with E-state index in [4.69, 9.17) is 9.47 Å². The number of carbonyl (C=O) groups excluding carboxylic acids is 1. The number of rotatable bonds is 5. The van der Waals surface area contributed by atoms with Crippen LogP contribution in [0.1, 0.15) is 12.8 Å². The molecule has 0 bridgehead atoms. The van der Waals surface area contributed by atoms with Crippen LogP contribution in [0.5, 0.6) is 11.5 Å². The van der Waals surface area contributed by atoms with Gasteiger partial charge in [-0.3, -0.25) is 4.90 Å². The fourth-order valence-electron chi connectivity index (χ4n) is 2.00. The van der Waals surface area contributed by atoms with Gasteiger partial charge in [0.15, 0.2) is 6.73 Å². The van der Waals surface area contributed by atoms with Gasteiger partial charge in [0.05, 0.1) is 0 Å². The molecule has 0 atom stereocenters.